The molecule has 1 fully saturated rings. The summed E-state index contributed by atoms with van der Waals surface area (Å²) in [5.74, 6) is 1.05. The highest BCUT2D eigenvalue weighted by Crippen LogP contribution is 2.38. The van der Waals surface area contributed by atoms with Crippen molar-refractivity contribution in [2.75, 3.05) is 18.0 Å². The first-order chi connectivity index (χ1) is 9.19. The van der Waals surface area contributed by atoms with Gasteiger partial charge in [-0.3, -0.25) is 0 Å². The topological polar surface area (TPSA) is 25.4 Å². The van der Waals surface area contributed by atoms with E-state index in [1.807, 2.05) is 12.3 Å². The highest BCUT2D eigenvalue weighted by molar-refractivity contribution is 9.10. The maximum absolute atomic E-state index is 6.50. The van der Waals surface area contributed by atoms with Gasteiger partial charge in [0.25, 0.3) is 0 Å². The van der Waals surface area contributed by atoms with Crippen LogP contribution >= 0.6 is 15.9 Å². The van der Waals surface area contributed by atoms with E-state index in [1.54, 1.807) is 0 Å². The Morgan fingerprint density at radius 2 is 2.05 bits per heavy atom. The van der Waals surface area contributed by atoms with Crippen LogP contribution in [0.4, 0.5) is 5.82 Å². The second-order valence-electron chi connectivity index (χ2n) is 7.07. The SMILES string of the molecule is CC(C)(C)[Si](C)(C)OC1CCN(c2ccc(Br)cn2)C1. The molecular weight excluding hydrogens is 332 g/mol. The van der Waals surface area contributed by atoms with Gasteiger partial charge in [-0.25, -0.2) is 4.98 Å². The number of pyridine rings is 1. The molecule has 0 saturated carbocycles. The van der Waals surface area contributed by atoms with E-state index in [2.05, 4.69) is 65.7 Å². The Hall–Kier alpha value is -0.393. The quantitative estimate of drug-likeness (QED) is 0.748. The fraction of sp³-hybridized carbons (Fsp3) is 0.667. The molecule has 1 unspecified atom stereocenters. The van der Waals surface area contributed by atoms with Crippen molar-refractivity contribution in [1.29, 1.82) is 0 Å². The van der Waals surface area contributed by atoms with Crippen molar-refractivity contribution in [2.45, 2.75) is 51.4 Å². The Morgan fingerprint density at radius 1 is 1.35 bits per heavy atom. The van der Waals surface area contributed by atoms with Crippen molar-refractivity contribution < 1.29 is 4.43 Å². The fourth-order valence-corrected chi connectivity index (χ4v) is 3.79. The summed E-state index contributed by atoms with van der Waals surface area (Å²) in [6, 6.07) is 4.11. The van der Waals surface area contributed by atoms with Crippen molar-refractivity contribution in [3.63, 3.8) is 0 Å². The largest absolute Gasteiger partial charge is 0.412 e. The van der Waals surface area contributed by atoms with Crippen molar-refractivity contribution >= 4 is 30.1 Å². The number of rotatable bonds is 3. The average molecular weight is 357 g/mol. The highest BCUT2D eigenvalue weighted by atomic mass is 79.9. The predicted octanol–water partition coefficient (Wildman–Crippen LogP) is 4.44. The molecule has 1 aromatic heterocycles. The lowest BCUT2D eigenvalue weighted by Crippen LogP contribution is -2.44. The Balaban J connectivity index is 1.98. The Morgan fingerprint density at radius 3 is 2.60 bits per heavy atom. The van der Waals surface area contributed by atoms with E-state index in [-0.39, 0.29) is 5.04 Å². The van der Waals surface area contributed by atoms with Gasteiger partial charge in [0, 0.05) is 23.8 Å². The van der Waals surface area contributed by atoms with Crippen LogP contribution in [0.3, 0.4) is 0 Å². The van der Waals surface area contributed by atoms with Gasteiger partial charge in [0.2, 0.25) is 0 Å². The van der Waals surface area contributed by atoms with Gasteiger partial charge in [-0.15, -0.1) is 0 Å². The lowest BCUT2D eigenvalue weighted by molar-refractivity contribution is 0.202. The van der Waals surface area contributed by atoms with Gasteiger partial charge in [-0.2, -0.15) is 0 Å². The number of aromatic nitrogens is 1. The Bertz CT molecular complexity index is 456. The Kier molecular flexibility index (Phi) is 4.62. The molecule has 112 valence electrons. The van der Waals surface area contributed by atoms with Crippen LogP contribution in [0.5, 0.6) is 0 Å². The molecule has 0 radical (unpaired) electrons. The molecule has 2 rings (SSSR count). The van der Waals surface area contributed by atoms with Crippen molar-refractivity contribution in [2.24, 2.45) is 0 Å². The summed E-state index contributed by atoms with van der Waals surface area (Å²) >= 11 is 3.43. The van der Waals surface area contributed by atoms with Gasteiger partial charge in [-0.05, 0) is 52.6 Å². The highest BCUT2D eigenvalue weighted by Gasteiger charge is 2.40. The molecule has 20 heavy (non-hydrogen) atoms. The summed E-state index contributed by atoms with van der Waals surface area (Å²) in [4.78, 5) is 6.80. The maximum Gasteiger partial charge on any atom is 0.192 e. The van der Waals surface area contributed by atoms with Crippen LogP contribution in [-0.2, 0) is 4.43 Å². The second-order valence-corrected chi connectivity index (χ2v) is 12.7. The lowest BCUT2D eigenvalue weighted by atomic mass is 10.2. The number of nitrogens with zero attached hydrogens (tertiary/aromatic N) is 2. The summed E-state index contributed by atoms with van der Waals surface area (Å²) < 4.78 is 7.52. The first-order valence-electron chi connectivity index (χ1n) is 7.23. The molecule has 1 aliphatic rings. The minimum atomic E-state index is -1.66. The van der Waals surface area contributed by atoms with E-state index >= 15 is 0 Å². The second kappa shape index (κ2) is 5.77. The zero-order valence-electron chi connectivity index (χ0n) is 13.1. The van der Waals surface area contributed by atoms with E-state index in [4.69, 9.17) is 4.43 Å². The van der Waals surface area contributed by atoms with Crippen LogP contribution < -0.4 is 4.90 Å². The van der Waals surface area contributed by atoms with E-state index in [1.165, 1.54) is 0 Å². The van der Waals surface area contributed by atoms with Crippen LogP contribution in [0.2, 0.25) is 18.1 Å². The zero-order chi connectivity index (χ0) is 15.0. The van der Waals surface area contributed by atoms with Crippen LogP contribution in [0.15, 0.2) is 22.8 Å². The monoisotopic (exact) mass is 356 g/mol. The maximum atomic E-state index is 6.50. The average Bonchev–Trinajstić information content (AvgIpc) is 2.76. The summed E-state index contributed by atoms with van der Waals surface area (Å²) in [6.07, 6.45) is 3.31. The van der Waals surface area contributed by atoms with Gasteiger partial charge < -0.3 is 9.33 Å². The van der Waals surface area contributed by atoms with Gasteiger partial charge >= 0.3 is 0 Å². The van der Waals surface area contributed by atoms with E-state index in [0.29, 0.717) is 6.10 Å². The third-order valence-corrected chi connectivity index (χ3v) is 9.45. The lowest BCUT2D eigenvalue weighted by Gasteiger charge is -2.38. The third kappa shape index (κ3) is 3.62. The normalized spacial score (nSPS) is 20.5. The predicted molar refractivity (Wildman–Crippen MR) is 90.8 cm³/mol. The smallest absolute Gasteiger partial charge is 0.192 e. The van der Waals surface area contributed by atoms with E-state index in [0.717, 1.165) is 29.8 Å². The first kappa shape index (κ1) is 16.0. The molecule has 0 aliphatic carbocycles. The summed E-state index contributed by atoms with van der Waals surface area (Å²) in [5.41, 5.74) is 0. The van der Waals surface area contributed by atoms with Crippen LogP contribution in [0.1, 0.15) is 27.2 Å². The van der Waals surface area contributed by atoms with Crippen molar-refractivity contribution in [3.05, 3.63) is 22.8 Å². The summed E-state index contributed by atoms with van der Waals surface area (Å²) in [7, 11) is -1.66. The zero-order valence-corrected chi connectivity index (χ0v) is 15.7. The van der Waals surface area contributed by atoms with Gasteiger partial charge in [0.05, 0.1) is 6.10 Å². The first-order valence-corrected chi connectivity index (χ1v) is 10.9. The van der Waals surface area contributed by atoms with Crippen LogP contribution in [0, 0.1) is 0 Å². The van der Waals surface area contributed by atoms with E-state index in [9.17, 15) is 0 Å². The van der Waals surface area contributed by atoms with E-state index < -0.39 is 8.32 Å². The molecule has 1 atom stereocenters. The summed E-state index contributed by atoms with van der Waals surface area (Å²) in [6.45, 7) is 13.5. The number of anilines is 1. The molecule has 1 saturated heterocycles. The van der Waals surface area contributed by atoms with Gasteiger partial charge in [0.1, 0.15) is 5.82 Å². The Labute approximate surface area is 132 Å². The molecule has 3 nitrogen and oxygen atoms in total. The van der Waals surface area contributed by atoms with Crippen LogP contribution in [0.25, 0.3) is 0 Å². The van der Waals surface area contributed by atoms with Gasteiger partial charge in [0.15, 0.2) is 8.32 Å². The molecular formula is C15H25BrN2OSi. The van der Waals surface area contributed by atoms with Crippen molar-refractivity contribution in [1.82, 2.24) is 4.98 Å². The minimum absolute atomic E-state index is 0.274. The fourth-order valence-electron chi connectivity index (χ4n) is 2.18. The molecule has 0 spiro atoms. The molecule has 5 heteroatoms. The molecule has 0 aromatic carbocycles. The minimum Gasteiger partial charge on any atom is -0.412 e. The van der Waals surface area contributed by atoms with Crippen molar-refractivity contribution in [3.8, 4) is 0 Å². The standard InChI is InChI=1S/C15H25BrN2OSi/c1-15(2,3)20(4,5)19-13-8-9-18(11-13)14-7-6-12(16)10-17-14/h6-7,10,13H,8-9,11H2,1-5H3. The molecule has 0 amide bonds. The number of halogens is 1. The number of hydrogen-bond acceptors (Lipinski definition) is 3. The molecule has 0 bridgehead atoms. The molecule has 1 aromatic rings. The summed E-state index contributed by atoms with van der Waals surface area (Å²) in [5, 5.41) is 0.274. The van der Waals surface area contributed by atoms with Gasteiger partial charge in [-0.1, -0.05) is 20.8 Å². The molecule has 2 heterocycles. The molecule has 1 aliphatic heterocycles. The molecule has 0 N–H and O–H groups in total. The number of hydrogen-bond donors (Lipinski definition) is 0. The third-order valence-electron chi connectivity index (χ3n) is 4.45. The van der Waals surface area contributed by atoms with Crippen LogP contribution in [-0.4, -0.2) is 32.5 Å².